The van der Waals surface area contributed by atoms with Crippen LogP contribution in [0.3, 0.4) is 0 Å². The zero-order valence-electron chi connectivity index (χ0n) is 15.9. The van der Waals surface area contributed by atoms with Crippen molar-refractivity contribution < 1.29 is 9.53 Å². The number of hydrogen-bond acceptors (Lipinski definition) is 4. The van der Waals surface area contributed by atoms with Crippen LogP contribution in [0.5, 0.6) is 0 Å². The van der Waals surface area contributed by atoms with Crippen LogP contribution < -0.4 is 15.5 Å². The summed E-state index contributed by atoms with van der Waals surface area (Å²) in [5, 5.41) is 5.97. The minimum atomic E-state index is -0.146. The number of rotatable bonds is 7. The molecule has 1 atom stereocenters. The van der Waals surface area contributed by atoms with E-state index in [4.69, 9.17) is 4.74 Å². The number of benzene rings is 1. The van der Waals surface area contributed by atoms with Gasteiger partial charge in [0.2, 0.25) is 0 Å². The van der Waals surface area contributed by atoms with E-state index in [1.807, 2.05) is 37.3 Å². The maximum Gasteiger partial charge on any atom is 0.315 e. The lowest BCUT2D eigenvalue weighted by Crippen LogP contribution is -2.41. The van der Waals surface area contributed by atoms with Crippen molar-refractivity contribution in [2.24, 2.45) is 0 Å². The number of nitrogens with zero attached hydrogens (tertiary/aromatic N) is 2. The molecule has 27 heavy (non-hydrogen) atoms. The Hall–Kier alpha value is -2.60. The van der Waals surface area contributed by atoms with Gasteiger partial charge < -0.3 is 20.3 Å². The molecule has 2 amide bonds. The molecule has 144 valence electrons. The SMILES string of the molecule is CC(CCc1ccccc1)NC(=O)NCc1cccnc1N1CCOCC1. The monoisotopic (exact) mass is 368 g/mol. The molecule has 1 unspecified atom stereocenters. The third kappa shape index (κ3) is 5.96. The smallest absolute Gasteiger partial charge is 0.315 e. The van der Waals surface area contributed by atoms with Gasteiger partial charge in [0.15, 0.2) is 0 Å². The van der Waals surface area contributed by atoms with Crippen LogP contribution in [0.2, 0.25) is 0 Å². The normalized spacial score (nSPS) is 15.2. The fraction of sp³-hybridized carbons (Fsp3) is 0.429. The summed E-state index contributed by atoms with van der Waals surface area (Å²) in [6, 6.07) is 14.2. The predicted octanol–water partition coefficient (Wildman–Crippen LogP) is 2.74. The lowest BCUT2D eigenvalue weighted by molar-refractivity contribution is 0.122. The summed E-state index contributed by atoms with van der Waals surface area (Å²) in [6.45, 7) is 5.56. The Morgan fingerprint density at radius 2 is 1.96 bits per heavy atom. The summed E-state index contributed by atoms with van der Waals surface area (Å²) < 4.78 is 5.41. The van der Waals surface area contributed by atoms with Crippen molar-refractivity contribution in [3.63, 3.8) is 0 Å². The van der Waals surface area contributed by atoms with E-state index in [-0.39, 0.29) is 12.1 Å². The molecule has 1 aliphatic heterocycles. The molecular weight excluding hydrogens is 340 g/mol. The fourth-order valence-corrected chi connectivity index (χ4v) is 3.18. The molecule has 0 spiro atoms. The van der Waals surface area contributed by atoms with E-state index in [0.29, 0.717) is 19.8 Å². The zero-order valence-corrected chi connectivity index (χ0v) is 15.9. The molecule has 0 bridgehead atoms. The Morgan fingerprint density at radius 3 is 2.74 bits per heavy atom. The largest absolute Gasteiger partial charge is 0.378 e. The van der Waals surface area contributed by atoms with Gasteiger partial charge in [-0.05, 0) is 31.4 Å². The molecule has 2 heterocycles. The number of nitrogens with one attached hydrogen (secondary N) is 2. The number of ether oxygens (including phenoxy) is 1. The highest BCUT2D eigenvalue weighted by Gasteiger charge is 2.16. The number of aromatic nitrogens is 1. The van der Waals surface area contributed by atoms with Crippen LogP contribution in [0.1, 0.15) is 24.5 Å². The van der Waals surface area contributed by atoms with Crippen molar-refractivity contribution in [3.8, 4) is 0 Å². The Labute approximate surface area is 160 Å². The molecule has 1 aromatic heterocycles. The van der Waals surface area contributed by atoms with Crippen molar-refractivity contribution in [1.82, 2.24) is 15.6 Å². The first-order chi connectivity index (χ1) is 13.2. The lowest BCUT2D eigenvalue weighted by atomic mass is 10.1. The molecule has 0 radical (unpaired) electrons. The predicted molar refractivity (Wildman–Crippen MR) is 107 cm³/mol. The first-order valence-electron chi connectivity index (χ1n) is 9.57. The van der Waals surface area contributed by atoms with E-state index >= 15 is 0 Å². The van der Waals surface area contributed by atoms with Crippen molar-refractivity contribution in [2.45, 2.75) is 32.4 Å². The van der Waals surface area contributed by atoms with Crippen LogP contribution in [0.15, 0.2) is 48.7 Å². The highest BCUT2D eigenvalue weighted by Crippen LogP contribution is 2.18. The van der Waals surface area contributed by atoms with Crippen LogP contribution in [-0.4, -0.2) is 43.4 Å². The van der Waals surface area contributed by atoms with Crippen LogP contribution in [-0.2, 0) is 17.7 Å². The second kappa shape index (κ2) is 9.92. The number of pyridine rings is 1. The molecule has 2 N–H and O–H groups in total. The van der Waals surface area contributed by atoms with Gasteiger partial charge >= 0.3 is 6.03 Å². The molecule has 3 rings (SSSR count). The summed E-state index contributed by atoms with van der Waals surface area (Å²) in [5.41, 5.74) is 2.31. The van der Waals surface area contributed by atoms with Gasteiger partial charge in [0.05, 0.1) is 13.2 Å². The standard InChI is InChI=1S/C21H28N4O2/c1-17(9-10-18-6-3-2-4-7-18)24-21(26)23-16-19-8-5-11-22-20(19)25-12-14-27-15-13-25/h2-8,11,17H,9-10,12-16H2,1H3,(H2,23,24,26). The molecule has 6 nitrogen and oxygen atoms in total. The summed E-state index contributed by atoms with van der Waals surface area (Å²) in [7, 11) is 0. The number of urea groups is 1. The van der Waals surface area contributed by atoms with Gasteiger partial charge in [0.25, 0.3) is 0 Å². The quantitative estimate of drug-likeness (QED) is 0.789. The average molecular weight is 368 g/mol. The van der Waals surface area contributed by atoms with E-state index in [0.717, 1.165) is 37.3 Å². The Kier molecular flexibility index (Phi) is 7.04. The van der Waals surface area contributed by atoms with Gasteiger partial charge in [0.1, 0.15) is 5.82 Å². The number of carbonyl (C=O) groups excluding carboxylic acids is 1. The second-order valence-corrected chi connectivity index (χ2v) is 6.84. The van der Waals surface area contributed by atoms with E-state index < -0.39 is 0 Å². The summed E-state index contributed by atoms with van der Waals surface area (Å²) in [4.78, 5) is 19.0. The molecule has 0 aliphatic carbocycles. The van der Waals surface area contributed by atoms with E-state index in [1.165, 1.54) is 5.56 Å². The summed E-state index contributed by atoms with van der Waals surface area (Å²) in [6.07, 6.45) is 3.65. The van der Waals surface area contributed by atoms with Crippen molar-refractivity contribution in [3.05, 3.63) is 59.8 Å². The van der Waals surface area contributed by atoms with Crippen molar-refractivity contribution in [1.29, 1.82) is 0 Å². The highest BCUT2D eigenvalue weighted by molar-refractivity contribution is 5.74. The molecule has 1 aliphatic rings. The van der Waals surface area contributed by atoms with E-state index in [2.05, 4.69) is 32.7 Å². The third-order valence-electron chi connectivity index (χ3n) is 4.70. The first-order valence-corrected chi connectivity index (χ1v) is 9.57. The van der Waals surface area contributed by atoms with E-state index in [9.17, 15) is 4.79 Å². The zero-order chi connectivity index (χ0) is 18.9. The minimum Gasteiger partial charge on any atom is -0.378 e. The van der Waals surface area contributed by atoms with Crippen LogP contribution in [0.4, 0.5) is 10.6 Å². The minimum absolute atomic E-state index is 0.109. The number of hydrogen-bond donors (Lipinski definition) is 2. The van der Waals surface area contributed by atoms with E-state index in [1.54, 1.807) is 6.20 Å². The van der Waals surface area contributed by atoms with Gasteiger partial charge in [-0.3, -0.25) is 0 Å². The third-order valence-corrected chi connectivity index (χ3v) is 4.70. The van der Waals surface area contributed by atoms with Crippen LogP contribution in [0.25, 0.3) is 0 Å². The number of carbonyl (C=O) groups is 1. The summed E-state index contributed by atoms with van der Waals surface area (Å²) >= 11 is 0. The van der Waals surface area contributed by atoms with Gasteiger partial charge in [-0.25, -0.2) is 9.78 Å². The average Bonchev–Trinajstić information content (AvgIpc) is 2.72. The lowest BCUT2D eigenvalue weighted by Gasteiger charge is -2.29. The topological polar surface area (TPSA) is 66.5 Å². The fourth-order valence-electron chi connectivity index (χ4n) is 3.18. The Bertz CT molecular complexity index is 717. The molecule has 6 heteroatoms. The number of anilines is 1. The molecule has 2 aromatic rings. The van der Waals surface area contributed by atoms with Gasteiger partial charge in [-0.2, -0.15) is 0 Å². The molecule has 1 saturated heterocycles. The number of morpholine rings is 1. The van der Waals surface area contributed by atoms with Crippen molar-refractivity contribution in [2.75, 3.05) is 31.2 Å². The van der Waals surface area contributed by atoms with Crippen LogP contribution >= 0.6 is 0 Å². The molecule has 1 fully saturated rings. The Morgan fingerprint density at radius 1 is 1.19 bits per heavy atom. The maximum absolute atomic E-state index is 12.2. The maximum atomic E-state index is 12.2. The number of amides is 2. The van der Waals surface area contributed by atoms with Crippen LogP contribution in [0, 0.1) is 0 Å². The van der Waals surface area contributed by atoms with Gasteiger partial charge in [-0.15, -0.1) is 0 Å². The highest BCUT2D eigenvalue weighted by atomic mass is 16.5. The molecule has 0 saturated carbocycles. The Balaban J connectivity index is 1.46. The molecular formula is C21H28N4O2. The first kappa shape index (κ1) is 19.2. The summed E-state index contributed by atoms with van der Waals surface area (Å²) in [5.74, 6) is 0.929. The molecule has 1 aromatic carbocycles. The van der Waals surface area contributed by atoms with Crippen molar-refractivity contribution >= 4 is 11.8 Å². The van der Waals surface area contributed by atoms with Gasteiger partial charge in [0, 0.05) is 37.4 Å². The second-order valence-electron chi connectivity index (χ2n) is 6.84. The van der Waals surface area contributed by atoms with Gasteiger partial charge in [-0.1, -0.05) is 36.4 Å². The number of aryl methyl sites for hydroxylation is 1.